The molecule has 0 heterocycles. The predicted octanol–water partition coefficient (Wildman–Crippen LogP) is 1.83. The lowest BCUT2D eigenvalue weighted by molar-refractivity contribution is -0.186. The van der Waals surface area contributed by atoms with Gasteiger partial charge >= 0.3 is 35.8 Å². The van der Waals surface area contributed by atoms with Crippen molar-refractivity contribution in [2.45, 2.75) is 54.4 Å². The molecule has 0 aliphatic carbocycles. The quantitative estimate of drug-likeness (QED) is 0.124. The second-order valence-corrected chi connectivity index (χ2v) is 7.12. The standard InChI is InChI=1S/C25H36O12/c1-7-32-18(26)24(19(27)33-8-2,20(28)34-9-3)16-14-13-15-17-25(21(29)35-10-4,22(30)36-11-5)23(31)37-12-6/h14-15H,7-12,16-17H2,1-6H3. The summed E-state index contributed by atoms with van der Waals surface area (Å²) in [6.45, 7) is 8.22. The molecule has 0 aliphatic rings. The normalized spacial score (nSPS) is 10.8. The van der Waals surface area contributed by atoms with Gasteiger partial charge in [0.1, 0.15) is 0 Å². The summed E-state index contributed by atoms with van der Waals surface area (Å²) in [5.74, 6) is -7.06. The molecule has 12 heteroatoms. The van der Waals surface area contributed by atoms with Gasteiger partial charge in [-0.25, -0.2) is 0 Å². The van der Waals surface area contributed by atoms with E-state index in [1.807, 2.05) is 0 Å². The molecule has 0 unspecified atom stereocenters. The fourth-order valence-electron chi connectivity index (χ4n) is 3.03. The summed E-state index contributed by atoms with van der Waals surface area (Å²) >= 11 is 0. The highest BCUT2D eigenvalue weighted by Crippen LogP contribution is 2.31. The van der Waals surface area contributed by atoms with E-state index in [1.165, 1.54) is 41.5 Å². The molecule has 0 rings (SSSR count). The van der Waals surface area contributed by atoms with Gasteiger partial charge in [-0.3, -0.25) is 28.8 Å². The van der Waals surface area contributed by atoms with Crippen LogP contribution in [-0.4, -0.2) is 75.5 Å². The zero-order valence-electron chi connectivity index (χ0n) is 22.2. The summed E-state index contributed by atoms with van der Waals surface area (Å²) < 4.78 is 29.7. The fourth-order valence-corrected chi connectivity index (χ4v) is 3.03. The first kappa shape index (κ1) is 33.3. The Morgan fingerprint density at radius 1 is 0.459 bits per heavy atom. The molecule has 0 aromatic carbocycles. The van der Waals surface area contributed by atoms with Crippen LogP contribution in [0.5, 0.6) is 0 Å². The third-order valence-corrected chi connectivity index (χ3v) is 4.80. The molecule has 0 atom stereocenters. The van der Waals surface area contributed by atoms with Gasteiger partial charge in [0.15, 0.2) is 0 Å². The predicted molar refractivity (Wildman–Crippen MR) is 127 cm³/mol. The van der Waals surface area contributed by atoms with E-state index in [2.05, 4.69) is 5.73 Å². The van der Waals surface area contributed by atoms with Crippen LogP contribution in [0, 0.1) is 10.8 Å². The van der Waals surface area contributed by atoms with Crippen molar-refractivity contribution in [3.05, 3.63) is 17.9 Å². The van der Waals surface area contributed by atoms with Gasteiger partial charge in [0.05, 0.1) is 39.6 Å². The maximum absolute atomic E-state index is 12.7. The molecular weight excluding hydrogens is 492 g/mol. The summed E-state index contributed by atoms with van der Waals surface area (Å²) in [7, 11) is 0. The SMILES string of the molecule is CCOC(=O)C(CC=C=CCC(C(=O)OCC)(C(=O)OCC)C(=O)OCC)(C(=O)OCC)C(=O)OCC. The first-order chi connectivity index (χ1) is 17.6. The Labute approximate surface area is 216 Å². The van der Waals surface area contributed by atoms with Gasteiger partial charge in [-0.1, -0.05) is 0 Å². The Bertz CT molecular complexity index is 723. The average Bonchev–Trinajstić information content (AvgIpc) is 2.84. The van der Waals surface area contributed by atoms with Gasteiger partial charge in [-0.2, -0.15) is 0 Å². The molecule has 0 radical (unpaired) electrons. The Morgan fingerprint density at radius 2 is 0.649 bits per heavy atom. The van der Waals surface area contributed by atoms with E-state index < -0.39 is 59.5 Å². The van der Waals surface area contributed by atoms with Crippen LogP contribution in [0.2, 0.25) is 0 Å². The number of carbonyl (C=O) groups excluding carboxylic acids is 6. The topological polar surface area (TPSA) is 158 Å². The van der Waals surface area contributed by atoms with Crippen LogP contribution in [-0.2, 0) is 57.2 Å². The largest absolute Gasteiger partial charge is 0.465 e. The van der Waals surface area contributed by atoms with Crippen LogP contribution >= 0.6 is 0 Å². The van der Waals surface area contributed by atoms with E-state index in [0.29, 0.717) is 0 Å². The van der Waals surface area contributed by atoms with Crippen LogP contribution in [0.15, 0.2) is 17.9 Å². The minimum atomic E-state index is -2.47. The molecule has 0 saturated carbocycles. The Hall–Kier alpha value is -3.66. The van der Waals surface area contributed by atoms with Gasteiger partial charge in [0.2, 0.25) is 0 Å². The number of rotatable bonds is 16. The molecule has 37 heavy (non-hydrogen) atoms. The zero-order chi connectivity index (χ0) is 28.5. The van der Waals surface area contributed by atoms with E-state index in [0.717, 1.165) is 12.2 Å². The maximum atomic E-state index is 12.7. The van der Waals surface area contributed by atoms with Gasteiger partial charge in [0.25, 0.3) is 10.8 Å². The zero-order valence-corrected chi connectivity index (χ0v) is 22.2. The van der Waals surface area contributed by atoms with Crippen LogP contribution in [0.4, 0.5) is 0 Å². The maximum Gasteiger partial charge on any atom is 0.335 e. The average molecular weight is 529 g/mol. The van der Waals surface area contributed by atoms with Crippen molar-refractivity contribution in [2.75, 3.05) is 39.6 Å². The lowest BCUT2D eigenvalue weighted by Gasteiger charge is -2.26. The van der Waals surface area contributed by atoms with E-state index in [-0.39, 0.29) is 39.6 Å². The molecule has 208 valence electrons. The van der Waals surface area contributed by atoms with Gasteiger partial charge < -0.3 is 28.4 Å². The van der Waals surface area contributed by atoms with Gasteiger partial charge in [-0.15, -0.1) is 5.73 Å². The number of hydrogen-bond donors (Lipinski definition) is 0. The third-order valence-electron chi connectivity index (χ3n) is 4.80. The van der Waals surface area contributed by atoms with Crippen molar-refractivity contribution in [3.8, 4) is 0 Å². The molecule has 12 nitrogen and oxygen atoms in total. The van der Waals surface area contributed by atoms with Crippen LogP contribution in [0.25, 0.3) is 0 Å². The minimum absolute atomic E-state index is 0.125. The van der Waals surface area contributed by atoms with E-state index in [4.69, 9.17) is 28.4 Å². The molecule has 0 saturated heterocycles. The van der Waals surface area contributed by atoms with E-state index in [9.17, 15) is 28.8 Å². The summed E-state index contributed by atoms with van der Waals surface area (Å²) in [4.78, 5) is 76.4. The molecule has 0 N–H and O–H groups in total. The molecule has 0 aromatic rings. The number of esters is 6. The highest BCUT2D eigenvalue weighted by atomic mass is 16.6. The Morgan fingerprint density at radius 3 is 0.811 bits per heavy atom. The fraction of sp³-hybridized carbons (Fsp3) is 0.640. The van der Waals surface area contributed by atoms with Crippen molar-refractivity contribution in [3.63, 3.8) is 0 Å². The van der Waals surface area contributed by atoms with Crippen molar-refractivity contribution in [2.24, 2.45) is 10.8 Å². The molecule has 0 amide bonds. The van der Waals surface area contributed by atoms with E-state index >= 15 is 0 Å². The van der Waals surface area contributed by atoms with Crippen molar-refractivity contribution < 1.29 is 57.2 Å². The molecule has 0 aromatic heterocycles. The Balaban J connectivity index is 6.50. The monoisotopic (exact) mass is 528 g/mol. The smallest absolute Gasteiger partial charge is 0.335 e. The second-order valence-electron chi connectivity index (χ2n) is 7.12. The molecule has 0 fully saturated rings. The Kier molecular flexibility index (Phi) is 15.2. The summed E-state index contributed by atoms with van der Waals surface area (Å²) in [6, 6.07) is 0. The van der Waals surface area contributed by atoms with Crippen molar-refractivity contribution >= 4 is 35.8 Å². The summed E-state index contributed by atoms with van der Waals surface area (Å²) in [5, 5.41) is 0. The highest BCUT2D eigenvalue weighted by molar-refractivity contribution is 6.18. The number of ether oxygens (including phenoxy) is 6. The summed E-state index contributed by atoms with van der Waals surface area (Å²) in [5.41, 5.74) is -2.36. The molecule has 0 aliphatic heterocycles. The third kappa shape index (κ3) is 8.18. The van der Waals surface area contributed by atoms with E-state index in [1.54, 1.807) is 0 Å². The molecular formula is C25H36O12. The minimum Gasteiger partial charge on any atom is -0.465 e. The van der Waals surface area contributed by atoms with Gasteiger partial charge in [-0.05, 0) is 53.7 Å². The van der Waals surface area contributed by atoms with Crippen LogP contribution in [0.1, 0.15) is 54.4 Å². The summed E-state index contributed by atoms with van der Waals surface area (Å²) in [6.07, 6.45) is 1.09. The van der Waals surface area contributed by atoms with Crippen LogP contribution < -0.4 is 0 Å². The van der Waals surface area contributed by atoms with Gasteiger partial charge in [0, 0.05) is 12.8 Å². The first-order valence-electron chi connectivity index (χ1n) is 12.0. The molecule has 0 spiro atoms. The first-order valence-corrected chi connectivity index (χ1v) is 12.0. The van der Waals surface area contributed by atoms with Crippen molar-refractivity contribution in [1.29, 1.82) is 0 Å². The lowest BCUT2D eigenvalue weighted by atomic mass is 9.83. The van der Waals surface area contributed by atoms with Crippen molar-refractivity contribution in [1.82, 2.24) is 0 Å². The second kappa shape index (κ2) is 16.9. The number of allylic oxidation sites excluding steroid dienone is 1. The highest BCUT2D eigenvalue weighted by Gasteiger charge is 2.57. The van der Waals surface area contributed by atoms with Crippen LogP contribution in [0.3, 0.4) is 0 Å². The number of carbonyl (C=O) groups is 6. The number of hydrogen-bond acceptors (Lipinski definition) is 12. The lowest BCUT2D eigenvalue weighted by Crippen LogP contribution is -2.49. The molecule has 0 bridgehead atoms.